The summed E-state index contributed by atoms with van der Waals surface area (Å²) >= 11 is 1.42. The molecule has 2 atom stereocenters. The van der Waals surface area contributed by atoms with Crippen LogP contribution in [0.3, 0.4) is 0 Å². The lowest BCUT2D eigenvalue weighted by molar-refractivity contribution is -0.141. The summed E-state index contributed by atoms with van der Waals surface area (Å²) in [7, 11) is 0. The van der Waals surface area contributed by atoms with Gasteiger partial charge in [-0.05, 0) is 29.8 Å². The molecule has 0 unspecified atom stereocenters. The average molecular weight is 331 g/mol. The number of carbonyl (C=O) groups is 2. The van der Waals surface area contributed by atoms with E-state index in [-0.39, 0.29) is 10.9 Å². The molecule has 0 aliphatic carbocycles. The predicted octanol–water partition coefficient (Wildman–Crippen LogP) is 3.17. The van der Waals surface area contributed by atoms with Gasteiger partial charge in [-0.3, -0.25) is 4.79 Å². The Kier molecular flexibility index (Phi) is 4.34. The summed E-state index contributed by atoms with van der Waals surface area (Å²) in [6.07, 6.45) is 0. The fourth-order valence-electron chi connectivity index (χ4n) is 2.56. The van der Waals surface area contributed by atoms with Gasteiger partial charge in [0.15, 0.2) is 0 Å². The van der Waals surface area contributed by atoms with Gasteiger partial charge in [-0.15, -0.1) is 11.8 Å². The third-order valence-electron chi connectivity index (χ3n) is 3.70. The molecule has 6 heteroatoms. The molecule has 4 nitrogen and oxygen atoms in total. The lowest BCUT2D eigenvalue weighted by Crippen LogP contribution is -2.42. The van der Waals surface area contributed by atoms with Crippen molar-refractivity contribution in [1.29, 1.82) is 0 Å². The van der Waals surface area contributed by atoms with Crippen molar-refractivity contribution in [2.24, 2.45) is 0 Å². The van der Waals surface area contributed by atoms with E-state index in [0.29, 0.717) is 5.75 Å². The van der Waals surface area contributed by atoms with Crippen LogP contribution in [0, 0.1) is 5.82 Å². The summed E-state index contributed by atoms with van der Waals surface area (Å²) in [4.78, 5) is 25.7. The molecule has 1 aliphatic heterocycles. The number of rotatable bonds is 3. The quantitative estimate of drug-likeness (QED) is 0.938. The van der Waals surface area contributed by atoms with E-state index in [1.165, 1.54) is 40.9 Å². The zero-order valence-corrected chi connectivity index (χ0v) is 12.9. The number of aliphatic carboxylic acids is 1. The Labute approximate surface area is 136 Å². The molecule has 1 amide bonds. The highest BCUT2D eigenvalue weighted by molar-refractivity contribution is 7.99. The maximum atomic E-state index is 13.1. The molecule has 1 heterocycles. The number of carboxylic acids is 1. The SMILES string of the molecule is O=C(O)[C@@H]1CS[C@H](c2ccccc2)N1C(=O)c1ccc(F)cc1. The average Bonchev–Trinajstić information content (AvgIpc) is 3.01. The number of carboxylic acid groups (broad SMARTS) is 1. The summed E-state index contributed by atoms with van der Waals surface area (Å²) in [5.74, 6) is -1.56. The Morgan fingerprint density at radius 2 is 1.74 bits per heavy atom. The normalized spacial score (nSPS) is 20.5. The number of amides is 1. The van der Waals surface area contributed by atoms with Crippen molar-refractivity contribution in [2.45, 2.75) is 11.4 Å². The molecule has 23 heavy (non-hydrogen) atoms. The summed E-state index contributed by atoms with van der Waals surface area (Å²) < 4.78 is 13.1. The fraction of sp³-hybridized carbons (Fsp3) is 0.176. The Bertz CT molecular complexity index is 720. The van der Waals surface area contributed by atoms with Crippen molar-refractivity contribution in [3.8, 4) is 0 Å². The highest BCUT2D eigenvalue weighted by Crippen LogP contribution is 2.42. The molecule has 0 bridgehead atoms. The molecule has 1 fully saturated rings. The lowest BCUT2D eigenvalue weighted by atomic mass is 10.1. The van der Waals surface area contributed by atoms with Gasteiger partial charge < -0.3 is 10.0 Å². The number of benzene rings is 2. The van der Waals surface area contributed by atoms with E-state index in [1.54, 1.807) is 0 Å². The number of hydrogen-bond acceptors (Lipinski definition) is 3. The molecular formula is C17H14FNO3S. The van der Waals surface area contributed by atoms with E-state index in [1.807, 2.05) is 30.3 Å². The smallest absolute Gasteiger partial charge is 0.327 e. The fourth-order valence-corrected chi connectivity index (χ4v) is 3.98. The van der Waals surface area contributed by atoms with Crippen LogP contribution in [-0.2, 0) is 4.79 Å². The first-order valence-corrected chi connectivity index (χ1v) is 8.10. The molecule has 118 valence electrons. The molecule has 1 saturated heterocycles. The molecule has 0 aromatic heterocycles. The standard InChI is InChI=1S/C17H14FNO3S/c18-13-8-6-11(7-9-13)15(20)19-14(17(21)22)10-23-16(19)12-4-2-1-3-5-12/h1-9,14,16H,10H2,(H,21,22)/t14-,16+/m0/s1. The molecule has 0 spiro atoms. The minimum absolute atomic E-state index is 0.279. The minimum Gasteiger partial charge on any atom is -0.480 e. The summed E-state index contributed by atoms with van der Waals surface area (Å²) in [5.41, 5.74) is 1.15. The number of thioether (sulfide) groups is 1. The zero-order chi connectivity index (χ0) is 16.4. The number of hydrogen-bond donors (Lipinski definition) is 1. The van der Waals surface area contributed by atoms with E-state index >= 15 is 0 Å². The van der Waals surface area contributed by atoms with Gasteiger partial charge >= 0.3 is 5.97 Å². The second-order valence-electron chi connectivity index (χ2n) is 5.17. The second-order valence-corrected chi connectivity index (χ2v) is 6.28. The summed E-state index contributed by atoms with van der Waals surface area (Å²) in [5, 5.41) is 9.06. The third-order valence-corrected chi connectivity index (χ3v) is 5.02. The van der Waals surface area contributed by atoms with Crippen LogP contribution in [0.1, 0.15) is 21.3 Å². The zero-order valence-electron chi connectivity index (χ0n) is 12.1. The van der Waals surface area contributed by atoms with Gasteiger partial charge in [-0.1, -0.05) is 30.3 Å². The monoisotopic (exact) mass is 331 g/mol. The van der Waals surface area contributed by atoms with Crippen molar-refractivity contribution in [3.05, 3.63) is 71.5 Å². The Balaban J connectivity index is 1.97. The molecule has 0 radical (unpaired) electrons. The van der Waals surface area contributed by atoms with Gasteiger partial charge in [0, 0.05) is 11.3 Å². The molecule has 2 aromatic carbocycles. The first kappa shape index (κ1) is 15.6. The van der Waals surface area contributed by atoms with E-state index in [4.69, 9.17) is 0 Å². The van der Waals surface area contributed by atoms with E-state index in [0.717, 1.165) is 5.56 Å². The third kappa shape index (κ3) is 3.07. The number of carbonyl (C=O) groups excluding carboxylic acids is 1. The van der Waals surface area contributed by atoms with Crippen molar-refractivity contribution in [1.82, 2.24) is 4.90 Å². The largest absolute Gasteiger partial charge is 0.480 e. The van der Waals surface area contributed by atoms with Crippen LogP contribution in [-0.4, -0.2) is 33.7 Å². The molecular weight excluding hydrogens is 317 g/mol. The predicted molar refractivity (Wildman–Crippen MR) is 85.6 cm³/mol. The molecule has 1 aliphatic rings. The highest BCUT2D eigenvalue weighted by atomic mass is 32.2. The van der Waals surface area contributed by atoms with E-state index in [9.17, 15) is 19.1 Å². The first-order chi connectivity index (χ1) is 11.1. The molecule has 1 N–H and O–H groups in total. The van der Waals surface area contributed by atoms with Crippen molar-refractivity contribution >= 4 is 23.6 Å². The van der Waals surface area contributed by atoms with Gasteiger partial charge in [0.25, 0.3) is 5.91 Å². The van der Waals surface area contributed by atoms with Gasteiger partial charge in [0.05, 0.1) is 0 Å². The van der Waals surface area contributed by atoms with Gasteiger partial charge in [0.2, 0.25) is 0 Å². The Morgan fingerprint density at radius 1 is 1.09 bits per heavy atom. The Hall–Kier alpha value is -2.34. The topological polar surface area (TPSA) is 57.6 Å². The van der Waals surface area contributed by atoms with Crippen LogP contribution in [0.25, 0.3) is 0 Å². The van der Waals surface area contributed by atoms with Gasteiger partial charge in [-0.2, -0.15) is 0 Å². The molecule has 2 aromatic rings. The molecule has 3 rings (SSSR count). The van der Waals surface area contributed by atoms with Crippen LogP contribution >= 0.6 is 11.8 Å². The first-order valence-electron chi connectivity index (χ1n) is 7.05. The van der Waals surface area contributed by atoms with Crippen LogP contribution in [0.15, 0.2) is 54.6 Å². The second kappa shape index (κ2) is 6.42. The van der Waals surface area contributed by atoms with Crippen LogP contribution in [0.2, 0.25) is 0 Å². The van der Waals surface area contributed by atoms with Gasteiger partial charge in [-0.25, -0.2) is 9.18 Å². The Morgan fingerprint density at radius 3 is 2.35 bits per heavy atom. The van der Waals surface area contributed by atoms with Crippen molar-refractivity contribution in [2.75, 3.05) is 5.75 Å². The van der Waals surface area contributed by atoms with Crippen molar-refractivity contribution in [3.63, 3.8) is 0 Å². The lowest BCUT2D eigenvalue weighted by Gasteiger charge is -2.27. The number of halogens is 1. The van der Waals surface area contributed by atoms with E-state index in [2.05, 4.69) is 0 Å². The molecule has 0 saturated carbocycles. The minimum atomic E-state index is -1.04. The van der Waals surface area contributed by atoms with Crippen LogP contribution in [0.4, 0.5) is 4.39 Å². The number of nitrogens with zero attached hydrogens (tertiary/aromatic N) is 1. The van der Waals surface area contributed by atoms with Gasteiger partial charge in [0.1, 0.15) is 17.2 Å². The van der Waals surface area contributed by atoms with Crippen LogP contribution < -0.4 is 0 Å². The van der Waals surface area contributed by atoms with Crippen molar-refractivity contribution < 1.29 is 19.1 Å². The van der Waals surface area contributed by atoms with E-state index < -0.39 is 23.7 Å². The maximum Gasteiger partial charge on any atom is 0.327 e. The summed E-state index contributed by atoms with van der Waals surface area (Å²) in [6, 6.07) is 13.6. The maximum absolute atomic E-state index is 13.1. The highest BCUT2D eigenvalue weighted by Gasteiger charge is 2.42. The summed E-state index contributed by atoms with van der Waals surface area (Å²) in [6.45, 7) is 0. The van der Waals surface area contributed by atoms with Crippen LogP contribution in [0.5, 0.6) is 0 Å².